The minimum atomic E-state index is -0.711. The van der Waals surface area contributed by atoms with Gasteiger partial charge in [0, 0.05) is 30.4 Å². The number of benzene rings is 1. The zero-order chi connectivity index (χ0) is 14.7. The summed E-state index contributed by atoms with van der Waals surface area (Å²) in [6.07, 6.45) is 1.70. The van der Waals surface area contributed by atoms with Gasteiger partial charge in [0.2, 0.25) is 5.91 Å². The lowest BCUT2D eigenvalue weighted by Gasteiger charge is -2.35. The molecule has 2 atom stereocenters. The normalized spacial score (nSPS) is 23.6. The van der Waals surface area contributed by atoms with Crippen molar-refractivity contribution in [1.82, 2.24) is 4.90 Å². The predicted octanol–water partition coefficient (Wildman–Crippen LogP) is 1.71. The number of hydrogen-bond acceptors (Lipinski definition) is 3. The number of carbonyl (C=O) groups excluding carboxylic acids is 1. The van der Waals surface area contributed by atoms with Crippen LogP contribution in [0.15, 0.2) is 18.2 Å². The van der Waals surface area contributed by atoms with Gasteiger partial charge in [-0.05, 0) is 31.9 Å². The summed E-state index contributed by atoms with van der Waals surface area (Å²) in [7, 11) is 0. The van der Waals surface area contributed by atoms with Crippen LogP contribution in [-0.2, 0) is 4.79 Å². The maximum Gasteiger partial charge on any atom is 0.238 e. The maximum absolute atomic E-state index is 13.0. The van der Waals surface area contributed by atoms with Crippen molar-refractivity contribution in [1.29, 1.82) is 0 Å². The zero-order valence-electron chi connectivity index (χ0n) is 11.4. The van der Waals surface area contributed by atoms with Gasteiger partial charge in [-0.2, -0.15) is 0 Å². The lowest BCUT2D eigenvalue weighted by molar-refractivity contribution is -0.118. The standard InChI is InChI=1S/C14H19F2N3O/c1-9-4-12(17)2-3-19(9)8-14(20)18-13-6-10(15)5-11(16)7-13/h5-7,9,12H,2-4,8,17H2,1H3,(H,18,20). The van der Waals surface area contributed by atoms with Gasteiger partial charge in [-0.3, -0.25) is 9.69 Å². The summed E-state index contributed by atoms with van der Waals surface area (Å²) in [5.41, 5.74) is 6.00. The molecule has 1 saturated heterocycles. The van der Waals surface area contributed by atoms with E-state index in [1.807, 2.05) is 11.8 Å². The molecule has 0 aliphatic carbocycles. The number of hydrogen-bond donors (Lipinski definition) is 2. The van der Waals surface area contributed by atoms with Crippen LogP contribution in [0.1, 0.15) is 19.8 Å². The Balaban J connectivity index is 1.92. The topological polar surface area (TPSA) is 58.4 Å². The van der Waals surface area contributed by atoms with Crippen LogP contribution in [0.4, 0.5) is 14.5 Å². The van der Waals surface area contributed by atoms with Gasteiger partial charge < -0.3 is 11.1 Å². The van der Waals surface area contributed by atoms with Gasteiger partial charge in [-0.1, -0.05) is 0 Å². The van der Waals surface area contributed by atoms with Gasteiger partial charge in [-0.15, -0.1) is 0 Å². The first-order valence-electron chi connectivity index (χ1n) is 6.69. The van der Waals surface area contributed by atoms with Gasteiger partial charge >= 0.3 is 0 Å². The summed E-state index contributed by atoms with van der Waals surface area (Å²) in [5, 5.41) is 2.51. The second kappa shape index (κ2) is 6.28. The summed E-state index contributed by atoms with van der Waals surface area (Å²) in [6, 6.07) is 3.37. The Morgan fingerprint density at radius 3 is 2.65 bits per heavy atom. The molecule has 110 valence electrons. The number of likely N-dealkylation sites (tertiary alicyclic amines) is 1. The van der Waals surface area contributed by atoms with E-state index in [-0.39, 0.29) is 30.2 Å². The molecule has 0 spiro atoms. The predicted molar refractivity (Wildman–Crippen MR) is 73.2 cm³/mol. The fourth-order valence-electron chi connectivity index (χ4n) is 2.50. The van der Waals surface area contributed by atoms with Gasteiger partial charge in [0.1, 0.15) is 11.6 Å². The zero-order valence-corrected chi connectivity index (χ0v) is 11.4. The summed E-state index contributed by atoms with van der Waals surface area (Å²) in [5.74, 6) is -1.70. The quantitative estimate of drug-likeness (QED) is 0.888. The van der Waals surface area contributed by atoms with E-state index in [4.69, 9.17) is 5.73 Å². The number of nitrogens with zero attached hydrogens (tertiary/aromatic N) is 1. The highest BCUT2D eigenvalue weighted by Gasteiger charge is 2.24. The molecular weight excluding hydrogens is 264 g/mol. The van der Waals surface area contributed by atoms with Crippen molar-refractivity contribution >= 4 is 11.6 Å². The van der Waals surface area contributed by atoms with Crippen molar-refractivity contribution < 1.29 is 13.6 Å². The Morgan fingerprint density at radius 2 is 2.05 bits per heavy atom. The van der Waals surface area contributed by atoms with E-state index in [1.165, 1.54) is 0 Å². The molecule has 4 nitrogen and oxygen atoms in total. The third-order valence-corrected chi connectivity index (χ3v) is 3.55. The molecule has 20 heavy (non-hydrogen) atoms. The largest absolute Gasteiger partial charge is 0.328 e. The monoisotopic (exact) mass is 283 g/mol. The Hall–Kier alpha value is -1.53. The second-order valence-electron chi connectivity index (χ2n) is 5.31. The average Bonchev–Trinajstić information content (AvgIpc) is 2.31. The number of amides is 1. The van der Waals surface area contributed by atoms with Crippen LogP contribution < -0.4 is 11.1 Å². The fourth-order valence-corrected chi connectivity index (χ4v) is 2.50. The molecule has 0 aromatic heterocycles. The maximum atomic E-state index is 13.0. The van der Waals surface area contributed by atoms with E-state index < -0.39 is 11.6 Å². The molecule has 1 heterocycles. The van der Waals surface area contributed by atoms with Crippen molar-refractivity contribution in [3.05, 3.63) is 29.8 Å². The van der Waals surface area contributed by atoms with E-state index in [0.717, 1.165) is 37.6 Å². The molecule has 1 aliphatic rings. The summed E-state index contributed by atoms with van der Waals surface area (Å²) < 4.78 is 26.1. The highest BCUT2D eigenvalue weighted by Crippen LogP contribution is 2.16. The Bertz CT molecular complexity index is 475. The van der Waals surface area contributed by atoms with E-state index >= 15 is 0 Å². The van der Waals surface area contributed by atoms with Crippen molar-refractivity contribution in [3.63, 3.8) is 0 Å². The Morgan fingerprint density at radius 1 is 1.40 bits per heavy atom. The van der Waals surface area contributed by atoms with Crippen LogP contribution in [0, 0.1) is 11.6 Å². The molecule has 1 aliphatic heterocycles. The van der Waals surface area contributed by atoms with E-state index in [1.54, 1.807) is 0 Å². The summed E-state index contributed by atoms with van der Waals surface area (Å²) in [4.78, 5) is 13.9. The van der Waals surface area contributed by atoms with Crippen molar-refractivity contribution in [2.24, 2.45) is 5.73 Å². The molecular formula is C14H19F2N3O. The number of halogens is 2. The van der Waals surface area contributed by atoms with Crippen LogP contribution in [0.3, 0.4) is 0 Å². The molecule has 1 aromatic rings. The summed E-state index contributed by atoms with van der Waals surface area (Å²) in [6.45, 7) is 2.98. The molecule has 2 unspecified atom stereocenters. The lowest BCUT2D eigenvalue weighted by atomic mass is 9.99. The number of anilines is 1. The van der Waals surface area contributed by atoms with Crippen LogP contribution >= 0.6 is 0 Å². The Kier molecular flexibility index (Phi) is 4.67. The molecule has 1 aromatic carbocycles. The first kappa shape index (κ1) is 14.9. The van der Waals surface area contributed by atoms with E-state index in [0.29, 0.717) is 0 Å². The second-order valence-corrected chi connectivity index (χ2v) is 5.31. The smallest absolute Gasteiger partial charge is 0.238 e. The number of rotatable bonds is 3. The molecule has 3 N–H and O–H groups in total. The van der Waals surface area contributed by atoms with E-state index in [9.17, 15) is 13.6 Å². The number of nitrogens with one attached hydrogen (secondary N) is 1. The highest BCUT2D eigenvalue weighted by molar-refractivity contribution is 5.92. The minimum Gasteiger partial charge on any atom is -0.328 e. The van der Waals surface area contributed by atoms with E-state index in [2.05, 4.69) is 5.32 Å². The average molecular weight is 283 g/mol. The first-order valence-corrected chi connectivity index (χ1v) is 6.69. The molecule has 0 saturated carbocycles. The third-order valence-electron chi connectivity index (χ3n) is 3.55. The SMILES string of the molecule is CC1CC(N)CCN1CC(=O)Nc1cc(F)cc(F)c1. The van der Waals surface area contributed by atoms with Crippen LogP contribution in [0.25, 0.3) is 0 Å². The molecule has 1 fully saturated rings. The Labute approximate surface area is 116 Å². The number of nitrogens with two attached hydrogens (primary N) is 1. The minimum absolute atomic E-state index is 0.133. The highest BCUT2D eigenvalue weighted by atomic mass is 19.1. The first-order chi connectivity index (χ1) is 9.44. The van der Waals surface area contributed by atoms with Crippen molar-refractivity contribution in [2.45, 2.75) is 31.8 Å². The fraction of sp³-hybridized carbons (Fsp3) is 0.500. The van der Waals surface area contributed by atoms with Gasteiger partial charge in [0.15, 0.2) is 0 Å². The third kappa shape index (κ3) is 3.98. The van der Waals surface area contributed by atoms with Crippen molar-refractivity contribution in [2.75, 3.05) is 18.4 Å². The molecule has 1 amide bonds. The molecule has 6 heteroatoms. The lowest BCUT2D eigenvalue weighted by Crippen LogP contribution is -2.48. The molecule has 2 rings (SSSR count). The van der Waals surface area contributed by atoms with Crippen LogP contribution in [-0.4, -0.2) is 36.0 Å². The van der Waals surface area contributed by atoms with Gasteiger partial charge in [0.25, 0.3) is 0 Å². The summed E-state index contributed by atoms with van der Waals surface area (Å²) >= 11 is 0. The van der Waals surface area contributed by atoms with Crippen molar-refractivity contribution in [3.8, 4) is 0 Å². The molecule has 0 bridgehead atoms. The number of carbonyl (C=O) groups is 1. The number of piperidine rings is 1. The molecule has 0 radical (unpaired) electrons. The van der Waals surface area contributed by atoms with Crippen LogP contribution in [0.2, 0.25) is 0 Å². The van der Waals surface area contributed by atoms with Gasteiger partial charge in [-0.25, -0.2) is 8.78 Å². The van der Waals surface area contributed by atoms with Gasteiger partial charge in [0.05, 0.1) is 6.54 Å². The van der Waals surface area contributed by atoms with Crippen LogP contribution in [0.5, 0.6) is 0 Å².